The maximum atomic E-state index is 4.33. The Morgan fingerprint density at radius 2 is 2.47 bits per heavy atom. The molecule has 0 fully saturated rings. The minimum atomic E-state index is 0.648. The molecule has 15 heavy (non-hydrogen) atoms. The second-order valence-electron chi connectivity index (χ2n) is 3.08. The number of rotatable bonds is 2. The summed E-state index contributed by atoms with van der Waals surface area (Å²) in [6.45, 7) is 0. The zero-order valence-corrected chi connectivity index (χ0v) is 8.88. The van der Waals surface area contributed by atoms with E-state index in [1.165, 1.54) is 0 Å². The van der Waals surface area contributed by atoms with Gasteiger partial charge in [-0.05, 0) is 12.1 Å². The normalized spacial score (nSPS) is 11.0. The molecule has 0 aliphatic heterocycles. The first kappa shape index (κ1) is 8.49. The lowest BCUT2D eigenvalue weighted by Gasteiger charge is -1.93. The van der Waals surface area contributed by atoms with Crippen LogP contribution in [0.4, 0.5) is 5.95 Å². The van der Waals surface area contributed by atoms with E-state index in [4.69, 9.17) is 0 Å². The van der Waals surface area contributed by atoms with Gasteiger partial charge in [0.05, 0.1) is 5.69 Å². The third-order valence-electron chi connectivity index (χ3n) is 2.18. The summed E-state index contributed by atoms with van der Waals surface area (Å²) in [6.07, 6.45) is 1.90. The second-order valence-corrected chi connectivity index (χ2v) is 3.92. The van der Waals surface area contributed by atoms with Gasteiger partial charge in [-0.1, -0.05) is 0 Å². The summed E-state index contributed by atoms with van der Waals surface area (Å²) in [7, 11) is 1.81. The molecule has 0 aliphatic carbocycles. The van der Waals surface area contributed by atoms with Gasteiger partial charge >= 0.3 is 0 Å². The van der Waals surface area contributed by atoms with Crippen LogP contribution in [0, 0.1) is 0 Å². The Labute approximate surface area is 89.8 Å². The van der Waals surface area contributed by atoms with E-state index in [2.05, 4.69) is 20.4 Å². The van der Waals surface area contributed by atoms with E-state index >= 15 is 0 Å². The molecule has 3 rings (SSSR count). The van der Waals surface area contributed by atoms with Crippen LogP contribution in [0.1, 0.15) is 0 Å². The van der Waals surface area contributed by atoms with E-state index in [0.29, 0.717) is 5.95 Å². The van der Waals surface area contributed by atoms with E-state index in [0.717, 1.165) is 16.3 Å². The Morgan fingerprint density at radius 1 is 1.53 bits per heavy atom. The maximum absolute atomic E-state index is 4.33. The highest BCUT2D eigenvalue weighted by atomic mass is 32.1. The minimum Gasteiger partial charge on any atom is -0.360 e. The van der Waals surface area contributed by atoms with Gasteiger partial charge in [-0.3, -0.25) is 0 Å². The quantitative estimate of drug-likeness (QED) is 0.691. The average Bonchev–Trinajstić information content (AvgIpc) is 2.92. The first-order valence-electron chi connectivity index (χ1n) is 4.54. The van der Waals surface area contributed by atoms with Gasteiger partial charge in [-0.25, -0.2) is 0 Å². The van der Waals surface area contributed by atoms with Gasteiger partial charge in [0.1, 0.15) is 5.69 Å². The zero-order chi connectivity index (χ0) is 10.3. The molecule has 0 aliphatic rings. The molecule has 3 aromatic rings. The fourth-order valence-corrected chi connectivity index (χ4v) is 2.28. The van der Waals surface area contributed by atoms with Crippen LogP contribution in [0.2, 0.25) is 0 Å². The molecule has 0 atom stereocenters. The van der Waals surface area contributed by atoms with Crippen molar-refractivity contribution in [3.63, 3.8) is 0 Å². The van der Waals surface area contributed by atoms with E-state index in [1.807, 2.05) is 35.3 Å². The molecule has 5 nitrogen and oxygen atoms in total. The molecule has 0 unspecified atom stereocenters. The van der Waals surface area contributed by atoms with Crippen LogP contribution >= 0.6 is 11.3 Å². The van der Waals surface area contributed by atoms with Crippen LogP contribution in [-0.2, 0) is 0 Å². The monoisotopic (exact) mass is 219 g/mol. The number of H-pyrrole nitrogens is 1. The van der Waals surface area contributed by atoms with Crippen LogP contribution in [0.3, 0.4) is 0 Å². The summed E-state index contributed by atoms with van der Waals surface area (Å²) in [6, 6.07) is 3.98. The third-order valence-corrected chi connectivity index (χ3v) is 3.00. The van der Waals surface area contributed by atoms with Crippen molar-refractivity contribution in [3.8, 4) is 11.4 Å². The maximum Gasteiger partial charge on any atom is 0.243 e. The largest absolute Gasteiger partial charge is 0.360 e. The lowest BCUT2D eigenvalue weighted by Crippen LogP contribution is -1.92. The molecule has 3 heterocycles. The van der Waals surface area contributed by atoms with E-state index in [1.54, 1.807) is 11.3 Å². The highest BCUT2D eigenvalue weighted by Crippen LogP contribution is 2.24. The second kappa shape index (κ2) is 3.09. The summed E-state index contributed by atoms with van der Waals surface area (Å²) in [4.78, 5) is 8.36. The molecule has 3 aromatic heterocycles. The van der Waals surface area contributed by atoms with E-state index in [-0.39, 0.29) is 0 Å². The van der Waals surface area contributed by atoms with Crippen molar-refractivity contribution in [2.75, 3.05) is 12.4 Å². The van der Waals surface area contributed by atoms with Crippen molar-refractivity contribution in [2.45, 2.75) is 0 Å². The summed E-state index contributed by atoms with van der Waals surface area (Å²) >= 11 is 1.58. The number of aromatic amines is 1. The molecule has 0 saturated carbocycles. The molecule has 0 aromatic carbocycles. The molecular formula is C9H9N5S. The third kappa shape index (κ3) is 1.22. The molecule has 2 N–H and O–H groups in total. The minimum absolute atomic E-state index is 0.648. The number of anilines is 1. The first-order chi connectivity index (χ1) is 7.38. The number of aromatic nitrogens is 4. The highest BCUT2D eigenvalue weighted by Gasteiger charge is 2.10. The zero-order valence-electron chi connectivity index (χ0n) is 8.06. The van der Waals surface area contributed by atoms with Gasteiger partial charge in [0.2, 0.25) is 10.9 Å². The first-order valence-corrected chi connectivity index (χ1v) is 5.42. The predicted octanol–water partition coefficient (Wildman–Crippen LogP) is 1.83. The van der Waals surface area contributed by atoms with Crippen molar-refractivity contribution in [1.82, 2.24) is 19.6 Å². The number of nitrogens with zero attached hydrogens (tertiary/aromatic N) is 3. The van der Waals surface area contributed by atoms with Crippen LogP contribution in [0.5, 0.6) is 0 Å². The lowest BCUT2D eigenvalue weighted by atomic mass is 10.3. The van der Waals surface area contributed by atoms with Gasteiger partial charge in [0, 0.05) is 18.6 Å². The summed E-state index contributed by atoms with van der Waals surface area (Å²) in [5.74, 6) is 0.648. The Morgan fingerprint density at radius 3 is 3.20 bits per heavy atom. The van der Waals surface area contributed by atoms with Crippen LogP contribution in [0.25, 0.3) is 16.3 Å². The molecule has 76 valence electrons. The fourth-order valence-electron chi connectivity index (χ4n) is 1.46. The number of thiazole rings is 1. The molecule has 0 spiro atoms. The number of hydrogen-bond acceptors (Lipinski definition) is 4. The van der Waals surface area contributed by atoms with E-state index in [9.17, 15) is 0 Å². The molecule has 0 saturated heterocycles. The molecular weight excluding hydrogens is 210 g/mol. The molecule has 0 radical (unpaired) electrons. The standard InChI is InChI=1S/C9H9N5S/c1-10-8-12-9-14(13-8)7(5-15-9)6-3-2-4-11-6/h2-5,11H,1H3,(H,10,13). The lowest BCUT2D eigenvalue weighted by molar-refractivity contribution is 0.981. The van der Waals surface area contributed by atoms with Crippen LogP contribution in [-0.4, -0.2) is 26.6 Å². The van der Waals surface area contributed by atoms with Gasteiger partial charge in [0.25, 0.3) is 0 Å². The van der Waals surface area contributed by atoms with Gasteiger partial charge in [-0.15, -0.1) is 16.4 Å². The number of hydrogen-bond donors (Lipinski definition) is 2. The van der Waals surface area contributed by atoms with Gasteiger partial charge < -0.3 is 10.3 Å². The van der Waals surface area contributed by atoms with Crippen molar-refractivity contribution in [1.29, 1.82) is 0 Å². The van der Waals surface area contributed by atoms with Crippen molar-refractivity contribution in [3.05, 3.63) is 23.7 Å². The van der Waals surface area contributed by atoms with Crippen LogP contribution < -0.4 is 5.32 Å². The Balaban J connectivity index is 2.23. The summed E-state index contributed by atoms with van der Waals surface area (Å²) in [5, 5.41) is 9.30. The smallest absolute Gasteiger partial charge is 0.243 e. The highest BCUT2D eigenvalue weighted by molar-refractivity contribution is 7.15. The van der Waals surface area contributed by atoms with Crippen molar-refractivity contribution < 1.29 is 0 Å². The molecule has 6 heteroatoms. The number of nitrogens with one attached hydrogen (secondary N) is 2. The fraction of sp³-hybridized carbons (Fsp3) is 0.111. The summed E-state index contributed by atoms with van der Waals surface area (Å²) < 4.78 is 1.84. The van der Waals surface area contributed by atoms with Crippen molar-refractivity contribution in [2.24, 2.45) is 0 Å². The van der Waals surface area contributed by atoms with Crippen molar-refractivity contribution >= 4 is 22.2 Å². The SMILES string of the molecule is CNc1nc2scc(-c3ccc[nH]3)n2n1. The summed E-state index contributed by atoms with van der Waals surface area (Å²) in [5.41, 5.74) is 2.09. The molecule has 0 bridgehead atoms. The van der Waals surface area contributed by atoms with E-state index < -0.39 is 0 Å². The predicted molar refractivity (Wildman–Crippen MR) is 60.2 cm³/mol. The molecule has 0 amide bonds. The topological polar surface area (TPSA) is 58.0 Å². The Bertz CT molecular complexity index is 577. The van der Waals surface area contributed by atoms with Gasteiger partial charge in [-0.2, -0.15) is 9.50 Å². The average molecular weight is 219 g/mol. The Hall–Kier alpha value is -1.82. The van der Waals surface area contributed by atoms with Crippen LogP contribution in [0.15, 0.2) is 23.7 Å². The number of fused-ring (bicyclic) bond motifs is 1. The Kier molecular flexibility index (Phi) is 1.75. The van der Waals surface area contributed by atoms with Gasteiger partial charge in [0.15, 0.2) is 0 Å².